The van der Waals surface area contributed by atoms with Gasteiger partial charge in [0, 0.05) is 17.2 Å². The summed E-state index contributed by atoms with van der Waals surface area (Å²) >= 11 is 0. The van der Waals surface area contributed by atoms with Gasteiger partial charge in [-0.2, -0.15) is 0 Å². The van der Waals surface area contributed by atoms with Crippen molar-refractivity contribution in [1.29, 1.82) is 0 Å². The molecule has 3 rings (SSSR count). The van der Waals surface area contributed by atoms with Gasteiger partial charge in [-0.15, -0.1) is 0 Å². The van der Waals surface area contributed by atoms with Crippen LogP contribution in [0.5, 0.6) is 5.75 Å². The van der Waals surface area contributed by atoms with Gasteiger partial charge in [0.2, 0.25) is 0 Å². The van der Waals surface area contributed by atoms with Crippen LogP contribution in [0.25, 0.3) is 11.3 Å². The van der Waals surface area contributed by atoms with E-state index < -0.39 is 5.97 Å². The monoisotopic (exact) mass is 299 g/mol. The van der Waals surface area contributed by atoms with Crippen molar-refractivity contribution in [2.24, 2.45) is 0 Å². The number of pyridine rings is 1. The van der Waals surface area contributed by atoms with Gasteiger partial charge in [0.05, 0.1) is 19.2 Å². The first-order chi connectivity index (χ1) is 10.6. The van der Waals surface area contributed by atoms with Crippen molar-refractivity contribution in [3.05, 3.63) is 52.3 Å². The summed E-state index contributed by atoms with van der Waals surface area (Å²) < 4.78 is 7.10. The molecule has 1 fully saturated rings. The van der Waals surface area contributed by atoms with Crippen molar-refractivity contribution in [3.8, 4) is 17.0 Å². The first-order valence-corrected chi connectivity index (χ1v) is 7.21. The smallest absolute Gasteiger partial charge is 0.308 e. The van der Waals surface area contributed by atoms with E-state index in [9.17, 15) is 9.59 Å². The number of hydrogen-bond donors (Lipinski definition) is 1. The number of para-hydroxylation sites is 1. The molecule has 1 saturated carbocycles. The highest BCUT2D eigenvalue weighted by Gasteiger charge is 2.28. The van der Waals surface area contributed by atoms with Crippen LogP contribution in [0.4, 0.5) is 0 Å². The molecule has 0 atom stereocenters. The third kappa shape index (κ3) is 2.62. The lowest BCUT2D eigenvalue weighted by Gasteiger charge is -2.16. The molecular formula is C17H17NO4. The number of aliphatic carboxylic acids is 1. The maximum atomic E-state index is 12.6. The second-order valence-electron chi connectivity index (χ2n) is 5.42. The average molecular weight is 299 g/mol. The quantitative estimate of drug-likeness (QED) is 0.921. The van der Waals surface area contributed by atoms with Gasteiger partial charge in [0.15, 0.2) is 0 Å². The highest BCUT2D eigenvalue weighted by Crippen LogP contribution is 2.39. The molecule has 1 aliphatic carbocycles. The van der Waals surface area contributed by atoms with Gasteiger partial charge < -0.3 is 14.4 Å². The number of benzene rings is 1. The summed E-state index contributed by atoms with van der Waals surface area (Å²) in [4.78, 5) is 23.5. The molecule has 1 aromatic heterocycles. The van der Waals surface area contributed by atoms with Gasteiger partial charge in [0.25, 0.3) is 5.56 Å². The van der Waals surface area contributed by atoms with Crippen molar-refractivity contribution < 1.29 is 14.6 Å². The van der Waals surface area contributed by atoms with Crippen LogP contribution in [0, 0.1) is 0 Å². The Morgan fingerprint density at radius 3 is 2.64 bits per heavy atom. The van der Waals surface area contributed by atoms with Crippen molar-refractivity contribution in [2.75, 3.05) is 7.11 Å². The number of carboxylic acid groups (broad SMARTS) is 1. The Bertz CT molecular complexity index is 774. The van der Waals surface area contributed by atoms with Crippen LogP contribution in [0.1, 0.15) is 24.4 Å². The van der Waals surface area contributed by atoms with Crippen molar-refractivity contribution in [3.63, 3.8) is 0 Å². The van der Waals surface area contributed by atoms with E-state index in [1.165, 1.54) is 0 Å². The Balaban J connectivity index is 2.18. The number of aromatic nitrogens is 1. The molecule has 0 aliphatic heterocycles. The number of hydrogen-bond acceptors (Lipinski definition) is 3. The molecule has 114 valence electrons. The van der Waals surface area contributed by atoms with E-state index in [4.69, 9.17) is 9.84 Å². The van der Waals surface area contributed by atoms with E-state index in [-0.39, 0.29) is 18.0 Å². The SMILES string of the molecule is COc1ccccc1-c1ccc(CC(=O)O)c(=O)n1C1CC1. The Labute approximate surface area is 127 Å². The summed E-state index contributed by atoms with van der Waals surface area (Å²) in [6, 6.07) is 11.1. The summed E-state index contributed by atoms with van der Waals surface area (Å²) in [7, 11) is 1.59. The van der Waals surface area contributed by atoms with Gasteiger partial charge in [-0.3, -0.25) is 9.59 Å². The minimum Gasteiger partial charge on any atom is -0.496 e. The number of ether oxygens (including phenoxy) is 1. The molecule has 0 saturated heterocycles. The van der Waals surface area contributed by atoms with Crippen LogP contribution in [-0.4, -0.2) is 22.8 Å². The van der Waals surface area contributed by atoms with Gasteiger partial charge in [-0.1, -0.05) is 18.2 Å². The molecule has 1 aliphatic rings. The van der Waals surface area contributed by atoms with Crippen LogP contribution < -0.4 is 10.3 Å². The van der Waals surface area contributed by atoms with E-state index in [1.807, 2.05) is 30.3 Å². The van der Waals surface area contributed by atoms with Crippen LogP contribution in [0.2, 0.25) is 0 Å². The zero-order valence-electron chi connectivity index (χ0n) is 12.3. The van der Waals surface area contributed by atoms with E-state index in [0.29, 0.717) is 11.3 Å². The topological polar surface area (TPSA) is 68.5 Å². The Kier molecular flexibility index (Phi) is 3.71. The van der Waals surface area contributed by atoms with Crippen LogP contribution in [0.3, 0.4) is 0 Å². The minimum absolute atomic E-state index is 0.154. The fraction of sp³-hybridized carbons (Fsp3) is 0.294. The molecule has 5 heteroatoms. The van der Waals surface area contributed by atoms with Gasteiger partial charge in [0.1, 0.15) is 5.75 Å². The molecule has 0 amide bonds. The summed E-state index contributed by atoms with van der Waals surface area (Å²) in [5.74, 6) is -0.299. The van der Waals surface area contributed by atoms with Crippen LogP contribution in [0.15, 0.2) is 41.2 Å². The molecule has 1 heterocycles. The second-order valence-corrected chi connectivity index (χ2v) is 5.42. The van der Waals surface area contributed by atoms with Crippen LogP contribution in [-0.2, 0) is 11.2 Å². The number of carboxylic acids is 1. The normalized spacial score (nSPS) is 13.9. The lowest BCUT2D eigenvalue weighted by Crippen LogP contribution is -2.25. The number of rotatable bonds is 5. The standard InChI is InChI=1S/C17H17NO4/c1-22-15-5-3-2-4-13(15)14-9-6-11(10-16(19)20)17(21)18(14)12-7-8-12/h2-6,9,12H,7-8,10H2,1H3,(H,19,20). The first-order valence-electron chi connectivity index (χ1n) is 7.21. The highest BCUT2D eigenvalue weighted by atomic mass is 16.5. The number of carbonyl (C=O) groups is 1. The summed E-state index contributed by atoms with van der Waals surface area (Å²) in [5.41, 5.74) is 1.72. The largest absolute Gasteiger partial charge is 0.496 e. The molecule has 5 nitrogen and oxygen atoms in total. The molecule has 1 N–H and O–H groups in total. The Hall–Kier alpha value is -2.56. The van der Waals surface area contributed by atoms with Gasteiger partial charge in [-0.05, 0) is 31.0 Å². The van der Waals surface area contributed by atoms with Crippen molar-refractivity contribution in [1.82, 2.24) is 4.57 Å². The summed E-state index contributed by atoms with van der Waals surface area (Å²) in [5, 5.41) is 8.94. The molecule has 0 spiro atoms. The highest BCUT2D eigenvalue weighted by molar-refractivity contribution is 5.71. The zero-order valence-corrected chi connectivity index (χ0v) is 12.3. The fourth-order valence-electron chi connectivity index (χ4n) is 2.66. The Morgan fingerprint density at radius 1 is 1.27 bits per heavy atom. The van der Waals surface area contributed by atoms with Crippen molar-refractivity contribution >= 4 is 5.97 Å². The number of methoxy groups -OCH3 is 1. The molecule has 0 radical (unpaired) electrons. The molecule has 2 aromatic rings. The van der Waals surface area contributed by atoms with Gasteiger partial charge in [-0.25, -0.2) is 0 Å². The van der Waals surface area contributed by atoms with E-state index in [2.05, 4.69) is 0 Å². The maximum absolute atomic E-state index is 12.6. The van der Waals surface area contributed by atoms with E-state index >= 15 is 0 Å². The predicted octanol–water partition coefficient (Wildman–Crippen LogP) is 2.49. The number of nitrogens with zero attached hydrogens (tertiary/aromatic N) is 1. The van der Waals surface area contributed by atoms with Crippen LogP contribution >= 0.6 is 0 Å². The molecular weight excluding hydrogens is 282 g/mol. The average Bonchev–Trinajstić information content (AvgIpc) is 3.33. The molecule has 1 aromatic carbocycles. The van der Waals surface area contributed by atoms with Gasteiger partial charge >= 0.3 is 5.97 Å². The molecule has 0 bridgehead atoms. The summed E-state index contributed by atoms with van der Waals surface area (Å²) in [6.45, 7) is 0. The van der Waals surface area contributed by atoms with Crippen molar-refractivity contribution in [2.45, 2.75) is 25.3 Å². The third-order valence-electron chi connectivity index (χ3n) is 3.83. The fourth-order valence-corrected chi connectivity index (χ4v) is 2.66. The maximum Gasteiger partial charge on any atom is 0.308 e. The van der Waals surface area contributed by atoms with E-state index in [0.717, 1.165) is 24.1 Å². The first kappa shape index (κ1) is 14.4. The Morgan fingerprint density at radius 2 is 2.00 bits per heavy atom. The summed E-state index contributed by atoms with van der Waals surface area (Å²) in [6.07, 6.45) is 1.63. The third-order valence-corrected chi connectivity index (χ3v) is 3.83. The lowest BCUT2D eigenvalue weighted by molar-refractivity contribution is -0.136. The van der Waals surface area contributed by atoms with E-state index in [1.54, 1.807) is 17.7 Å². The second kappa shape index (κ2) is 5.67. The lowest BCUT2D eigenvalue weighted by atomic mass is 10.1. The minimum atomic E-state index is -0.996. The molecule has 0 unspecified atom stereocenters. The zero-order chi connectivity index (χ0) is 15.7. The molecule has 22 heavy (non-hydrogen) atoms. The predicted molar refractivity (Wildman–Crippen MR) is 82.3 cm³/mol.